The number of hydrogen-bond donors (Lipinski definition) is 1. The quantitative estimate of drug-likeness (QED) is 0.695. The first kappa shape index (κ1) is 13.7. The predicted octanol–water partition coefficient (Wildman–Crippen LogP) is 3.26. The number of carbonyl (C=O) groups is 1. The van der Waals surface area contributed by atoms with Gasteiger partial charge in [0.2, 0.25) is 0 Å². The molecule has 1 heterocycles. The Labute approximate surface area is 119 Å². The molecule has 1 aromatic heterocycles. The molecule has 2 rings (SSSR count). The van der Waals surface area contributed by atoms with Crippen molar-refractivity contribution in [3.05, 3.63) is 47.1 Å². The SMILES string of the molecule is COC(=O)c1ccc(N)c(Sc2ccc(Cl)cn2)c1. The van der Waals surface area contributed by atoms with Crippen LogP contribution < -0.4 is 5.73 Å². The van der Waals surface area contributed by atoms with Crippen LogP contribution >= 0.6 is 23.4 Å². The van der Waals surface area contributed by atoms with Crippen molar-refractivity contribution in [2.75, 3.05) is 12.8 Å². The van der Waals surface area contributed by atoms with Gasteiger partial charge in [-0.1, -0.05) is 23.4 Å². The summed E-state index contributed by atoms with van der Waals surface area (Å²) in [5.41, 5.74) is 6.91. The van der Waals surface area contributed by atoms with Gasteiger partial charge in [0.05, 0.1) is 17.7 Å². The van der Waals surface area contributed by atoms with Gasteiger partial charge in [0.1, 0.15) is 5.03 Å². The maximum atomic E-state index is 11.5. The maximum Gasteiger partial charge on any atom is 0.337 e. The monoisotopic (exact) mass is 294 g/mol. The van der Waals surface area contributed by atoms with Crippen molar-refractivity contribution in [2.45, 2.75) is 9.92 Å². The summed E-state index contributed by atoms with van der Waals surface area (Å²) in [5.74, 6) is -0.397. The molecule has 0 bridgehead atoms. The minimum atomic E-state index is -0.397. The highest BCUT2D eigenvalue weighted by molar-refractivity contribution is 7.99. The fourth-order valence-electron chi connectivity index (χ4n) is 1.40. The zero-order chi connectivity index (χ0) is 13.8. The Bertz CT molecular complexity index is 602. The first-order valence-corrected chi connectivity index (χ1v) is 6.57. The summed E-state index contributed by atoms with van der Waals surface area (Å²) in [7, 11) is 1.34. The summed E-state index contributed by atoms with van der Waals surface area (Å²) in [5, 5.41) is 1.32. The molecule has 0 atom stereocenters. The summed E-state index contributed by atoms with van der Waals surface area (Å²) >= 11 is 7.14. The molecule has 1 aromatic carbocycles. The lowest BCUT2D eigenvalue weighted by Crippen LogP contribution is -2.02. The van der Waals surface area contributed by atoms with Crippen molar-refractivity contribution in [3.63, 3.8) is 0 Å². The van der Waals surface area contributed by atoms with Crippen LogP contribution in [-0.2, 0) is 4.74 Å². The minimum Gasteiger partial charge on any atom is -0.465 e. The van der Waals surface area contributed by atoms with Gasteiger partial charge in [0.15, 0.2) is 0 Å². The van der Waals surface area contributed by atoms with Crippen LogP contribution in [0.1, 0.15) is 10.4 Å². The zero-order valence-corrected chi connectivity index (χ0v) is 11.7. The number of nitrogens with zero attached hydrogens (tertiary/aromatic N) is 1. The molecular weight excluding hydrogens is 284 g/mol. The lowest BCUT2D eigenvalue weighted by molar-refractivity contribution is 0.0600. The summed E-state index contributed by atoms with van der Waals surface area (Å²) in [6.07, 6.45) is 1.56. The Morgan fingerprint density at radius 3 is 2.79 bits per heavy atom. The average molecular weight is 295 g/mol. The van der Waals surface area contributed by atoms with Crippen molar-refractivity contribution in [1.29, 1.82) is 0 Å². The van der Waals surface area contributed by atoms with E-state index < -0.39 is 5.97 Å². The highest BCUT2D eigenvalue weighted by atomic mass is 35.5. The van der Waals surface area contributed by atoms with Gasteiger partial charge in [-0.2, -0.15) is 0 Å². The number of pyridine rings is 1. The van der Waals surface area contributed by atoms with Gasteiger partial charge in [-0.15, -0.1) is 0 Å². The van der Waals surface area contributed by atoms with Crippen molar-refractivity contribution in [1.82, 2.24) is 4.98 Å². The topological polar surface area (TPSA) is 65.2 Å². The zero-order valence-electron chi connectivity index (χ0n) is 10.1. The third-order valence-corrected chi connectivity index (χ3v) is 3.60. The summed E-state index contributed by atoms with van der Waals surface area (Å²) in [6, 6.07) is 8.52. The second-order valence-corrected chi connectivity index (χ2v) is 5.16. The van der Waals surface area contributed by atoms with E-state index in [2.05, 4.69) is 9.72 Å². The molecule has 0 unspecified atom stereocenters. The number of aromatic nitrogens is 1. The average Bonchev–Trinajstić information content (AvgIpc) is 2.43. The number of halogens is 1. The van der Waals surface area contributed by atoms with Crippen molar-refractivity contribution in [3.8, 4) is 0 Å². The van der Waals surface area contributed by atoms with E-state index in [1.165, 1.54) is 18.9 Å². The molecule has 0 spiro atoms. The Morgan fingerprint density at radius 2 is 2.16 bits per heavy atom. The molecule has 2 N–H and O–H groups in total. The van der Waals surface area contributed by atoms with E-state index in [9.17, 15) is 4.79 Å². The molecule has 98 valence electrons. The van der Waals surface area contributed by atoms with Crippen LogP contribution in [0.4, 0.5) is 5.69 Å². The molecule has 0 aliphatic rings. The maximum absolute atomic E-state index is 11.5. The van der Waals surface area contributed by atoms with Gasteiger partial charge >= 0.3 is 5.97 Å². The molecule has 0 amide bonds. The number of rotatable bonds is 3. The van der Waals surface area contributed by atoms with Gasteiger partial charge in [-0.25, -0.2) is 9.78 Å². The highest BCUT2D eigenvalue weighted by Gasteiger charge is 2.10. The number of anilines is 1. The molecule has 0 aliphatic carbocycles. The van der Waals surface area contributed by atoms with E-state index in [4.69, 9.17) is 17.3 Å². The largest absolute Gasteiger partial charge is 0.465 e. The summed E-state index contributed by atoms with van der Waals surface area (Å²) in [4.78, 5) is 16.4. The van der Waals surface area contributed by atoms with Crippen molar-refractivity contribution >= 4 is 35.0 Å². The number of ether oxygens (including phenoxy) is 1. The molecule has 0 radical (unpaired) electrons. The number of benzene rings is 1. The van der Waals surface area contributed by atoms with E-state index in [1.807, 2.05) is 0 Å². The smallest absolute Gasteiger partial charge is 0.337 e. The standard InChI is InChI=1S/C13H11ClN2O2S/c1-18-13(17)8-2-4-10(15)11(6-8)19-12-5-3-9(14)7-16-12/h2-7H,15H2,1H3. The first-order chi connectivity index (χ1) is 9.10. The van der Waals surface area contributed by atoms with E-state index in [0.717, 1.165) is 9.92 Å². The molecule has 0 saturated carbocycles. The molecule has 0 fully saturated rings. The molecule has 0 aliphatic heterocycles. The number of nitrogen functional groups attached to an aromatic ring is 1. The van der Waals surface area contributed by atoms with Crippen LogP contribution in [-0.4, -0.2) is 18.1 Å². The Kier molecular flexibility index (Phi) is 4.29. The molecule has 4 nitrogen and oxygen atoms in total. The number of hydrogen-bond acceptors (Lipinski definition) is 5. The molecular formula is C13H11ClN2O2S. The van der Waals surface area contributed by atoms with Crippen LogP contribution in [0.3, 0.4) is 0 Å². The van der Waals surface area contributed by atoms with E-state index in [-0.39, 0.29) is 0 Å². The second kappa shape index (κ2) is 5.95. The van der Waals surface area contributed by atoms with E-state index >= 15 is 0 Å². The molecule has 0 saturated heterocycles. The van der Waals surface area contributed by atoms with Crippen LogP contribution in [0, 0.1) is 0 Å². The lowest BCUT2D eigenvalue weighted by atomic mass is 10.2. The lowest BCUT2D eigenvalue weighted by Gasteiger charge is -2.07. The Hall–Kier alpha value is -1.72. The summed E-state index contributed by atoms with van der Waals surface area (Å²) < 4.78 is 4.67. The van der Waals surface area contributed by atoms with Gasteiger partial charge in [0, 0.05) is 16.8 Å². The number of esters is 1. The van der Waals surface area contributed by atoms with Gasteiger partial charge in [-0.3, -0.25) is 0 Å². The molecule has 6 heteroatoms. The van der Waals surface area contributed by atoms with Crippen LogP contribution in [0.2, 0.25) is 5.02 Å². The van der Waals surface area contributed by atoms with Crippen LogP contribution in [0.15, 0.2) is 46.5 Å². The first-order valence-electron chi connectivity index (χ1n) is 5.37. The van der Waals surface area contributed by atoms with Crippen molar-refractivity contribution in [2.24, 2.45) is 0 Å². The van der Waals surface area contributed by atoms with Crippen molar-refractivity contribution < 1.29 is 9.53 Å². The van der Waals surface area contributed by atoms with Gasteiger partial charge in [-0.05, 0) is 30.3 Å². The third-order valence-electron chi connectivity index (χ3n) is 2.35. The summed E-state index contributed by atoms with van der Waals surface area (Å²) in [6.45, 7) is 0. The molecule has 19 heavy (non-hydrogen) atoms. The fraction of sp³-hybridized carbons (Fsp3) is 0.0769. The minimum absolute atomic E-state index is 0.397. The Balaban J connectivity index is 2.28. The normalized spacial score (nSPS) is 10.2. The fourth-order valence-corrected chi connectivity index (χ4v) is 2.35. The van der Waals surface area contributed by atoms with E-state index in [0.29, 0.717) is 16.3 Å². The highest BCUT2D eigenvalue weighted by Crippen LogP contribution is 2.32. The number of methoxy groups -OCH3 is 1. The van der Waals surface area contributed by atoms with Crippen LogP contribution in [0.25, 0.3) is 0 Å². The number of carbonyl (C=O) groups excluding carboxylic acids is 1. The van der Waals surface area contributed by atoms with Gasteiger partial charge < -0.3 is 10.5 Å². The molecule has 2 aromatic rings. The Morgan fingerprint density at radius 1 is 1.37 bits per heavy atom. The van der Waals surface area contributed by atoms with E-state index in [1.54, 1.807) is 36.5 Å². The predicted molar refractivity (Wildman–Crippen MR) is 75.6 cm³/mol. The third kappa shape index (κ3) is 3.39. The van der Waals surface area contributed by atoms with Crippen LogP contribution in [0.5, 0.6) is 0 Å². The van der Waals surface area contributed by atoms with Gasteiger partial charge in [0.25, 0.3) is 0 Å². The second-order valence-electron chi connectivity index (χ2n) is 3.66. The number of nitrogens with two attached hydrogens (primary N) is 1.